The molecule has 0 unspecified atom stereocenters. The quantitative estimate of drug-likeness (QED) is 0.656. The first kappa shape index (κ1) is 8.17. The zero-order valence-electron chi connectivity index (χ0n) is 6.29. The van der Waals surface area contributed by atoms with E-state index in [1.54, 1.807) is 18.2 Å². The molecule has 1 N–H and O–H groups in total. The van der Waals surface area contributed by atoms with E-state index in [2.05, 4.69) is 0 Å². The summed E-state index contributed by atoms with van der Waals surface area (Å²) in [5.41, 5.74) is 0.498. The summed E-state index contributed by atoms with van der Waals surface area (Å²) in [7, 11) is 1.48. The Balaban J connectivity index is 2.78. The van der Waals surface area contributed by atoms with Crippen molar-refractivity contribution in [2.45, 2.75) is 6.54 Å². The first-order chi connectivity index (χ1) is 5.20. The Morgan fingerprint density at radius 2 is 2.09 bits per heavy atom. The molecule has 2 nitrogen and oxygen atoms in total. The maximum absolute atomic E-state index is 12.8. The molecule has 0 spiro atoms. The van der Waals surface area contributed by atoms with E-state index in [0.717, 1.165) is 5.06 Å². The fourth-order valence-electron chi connectivity index (χ4n) is 0.873. The minimum absolute atomic E-state index is 0.215. The molecule has 11 heavy (non-hydrogen) atoms. The molecule has 0 saturated carbocycles. The van der Waals surface area contributed by atoms with E-state index in [1.165, 1.54) is 13.1 Å². The molecule has 0 fully saturated rings. The number of hydrogen-bond donors (Lipinski definition) is 1. The van der Waals surface area contributed by atoms with Crippen LogP contribution in [0.1, 0.15) is 5.56 Å². The van der Waals surface area contributed by atoms with Gasteiger partial charge < -0.3 is 5.21 Å². The van der Waals surface area contributed by atoms with Crippen molar-refractivity contribution in [1.29, 1.82) is 0 Å². The van der Waals surface area contributed by atoms with Crippen LogP contribution in [0.2, 0.25) is 0 Å². The lowest BCUT2D eigenvalue weighted by atomic mass is 10.2. The van der Waals surface area contributed by atoms with Crippen LogP contribution >= 0.6 is 0 Å². The third kappa shape index (κ3) is 2.29. The van der Waals surface area contributed by atoms with Crippen molar-refractivity contribution in [3.63, 3.8) is 0 Å². The van der Waals surface area contributed by atoms with Gasteiger partial charge in [0.1, 0.15) is 5.82 Å². The fraction of sp³-hybridized carbons (Fsp3) is 0.250. The van der Waals surface area contributed by atoms with E-state index >= 15 is 0 Å². The van der Waals surface area contributed by atoms with Gasteiger partial charge in [0, 0.05) is 12.6 Å². The SMILES string of the molecule is CN(O)Cc1ccccc1F. The summed E-state index contributed by atoms with van der Waals surface area (Å²) in [5, 5.41) is 9.74. The summed E-state index contributed by atoms with van der Waals surface area (Å²) in [4.78, 5) is 0. The molecular weight excluding hydrogens is 145 g/mol. The van der Waals surface area contributed by atoms with Crippen LogP contribution in [0.3, 0.4) is 0 Å². The lowest BCUT2D eigenvalue weighted by Crippen LogP contribution is -2.12. The molecule has 0 aliphatic carbocycles. The second-order valence-corrected chi connectivity index (χ2v) is 2.41. The highest BCUT2D eigenvalue weighted by Crippen LogP contribution is 2.07. The van der Waals surface area contributed by atoms with Crippen molar-refractivity contribution in [1.82, 2.24) is 5.06 Å². The van der Waals surface area contributed by atoms with Gasteiger partial charge in [0.15, 0.2) is 0 Å². The molecule has 0 aliphatic heterocycles. The molecule has 0 amide bonds. The molecule has 1 rings (SSSR count). The van der Waals surface area contributed by atoms with Gasteiger partial charge in [-0.25, -0.2) is 4.39 Å². The van der Waals surface area contributed by atoms with Crippen LogP contribution in [0.4, 0.5) is 4.39 Å². The first-order valence-corrected chi connectivity index (χ1v) is 3.33. The summed E-state index contributed by atoms with van der Waals surface area (Å²) in [5.74, 6) is -0.284. The molecule has 0 saturated heterocycles. The minimum atomic E-state index is -0.284. The van der Waals surface area contributed by atoms with Crippen molar-refractivity contribution in [3.05, 3.63) is 35.6 Å². The highest BCUT2D eigenvalue weighted by molar-refractivity contribution is 5.16. The van der Waals surface area contributed by atoms with Crippen molar-refractivity contribution < 1.29 is 9.60 Å². The Labute approximate surface area is 64.8 Å². The molecule has 0 aliphatic rings. The van der Waals surface area contributed by atoms with Gasteiger partial charge in [0.25, 0.3) is 0 Å². The van der Waals surface area contributed by atoms with Crippen molar-refractivity contribution in [2.24, 2.45) is 0 Å². The molecule has 1 aromatic carbocycles. The first-order valence-electron chi connectivity index (χ1n) is 3.33. The van der Waals surface area contributed by atoms with Gasteiger partial charge in [-0.05, 0) is 6.07 Å². The van der Waals surface area contributed by atoms with Crippen LogP contribution in [0.25, 0.3) is 0 Å². The highest BCUT2D eigenvalue weighted by Gasteiger charge is 2.01. The van der Waals surface area contributed by atoms with E-state index < -0.39 is 0 Å². The van der Waals surface area contributed by atoms with E-state index in [-0.39, 0.29) is 12.4 Å². The van der Waals surface area contributed by atoms with Crippen LogP contribution in [0.5, 0.6) is 0 Å². The van der Waals surface area contributed by atoms with Crippen molar-refractivity contribution in [3.8, 4) is 0 Å². The zero-order valence-corrected chi connectivity index (χ0v) is 6.29. The summed E-state index contributed by atoms with van der Waals surface area (Å²) in [6.07, 6.45) is 0. The van der Waals surface area contributed by atoms with Gasteiger partial charge in [-0.15, -0.1) is 0 Å². The Bertz CT molecular complexity index is 237. The number of rotatable bonds is 2. The number of hydroxylamine groups is 2. The Hall–Kier alpha value is -0.930. The standard InChI is InChI=1S/C8H10FNO/c1-10(11)6-7-4-2-3-5-8(7)9/h2-5,11H,6H2,1H3. The third-order valence-electron chi connectivity index (χ3n) is 1.36. The van der Waals surface area contributed by atoms with Crippen LogP contribution in [-0.4, -0.2) is 17.3 Å². The zero-order chi connectivity index (χ0) is 8.27. The lowest BCUT2D eigenvalue weighted by Gasteiger charge is -2.07. The Kier molecular flexibility index (Phi) is 2.57. The van der Waals surface area contributed by atoms with Gasteiger partial charge in [0.2, 0.25) is 0 Å². The van der Waals surface area contributed by atoms with Gasteiger partial charge in [0.05, 0.1) is 6.54 Å². The molecule has 0 aromatic heterocycles. The summed E-state index contributed by atoms with van der Waals surface area (Å²) >= 11 is 0. The van der Waals surface area contributed by atoms with Crippen LogP contribution in [0.15, 0.2) is 24.3 Å². The summed E-state index contributed by atoms with van der Waals surface area (Å²) < 4.78 is 12.8. The van der Waals surface area contributed by atoms with Gasteiger partial charge in [-0.3, -0.25) is 0 Å². The highest BCUT2D eigenvalue weighted by atomic mass is 19.1. The lowest BCUT2D eigenvalue weighted by molar-refractivity contribution is -0.0738. The molecular formula is C8H10FNO. The van der Waals surface area contributed by atoms with E-state index in [4.69, 9.17) is 5.21 Å². The topological polar surface area (TPSA) is 23.5 Å². The monoisotopic (exact) mass is 155 g/mol. The molecule has 0 bridgehead atoms. The van der Waals surface area contributed by atoms with Gasteiger partial charge in [-0.2, -0.15) is 5.06 Å². The summed E-state index contributed by atoms with van der Waals surface area (Å²) in [6, 6.07) is 6.37. The van der Waals surface area contributed by atoms with Crippen molar-refractivity contribution >= 4 is 0 Å². The fourth-order valence-corrected chi connectivity index (χ4v) is 0.873. The second kappa shape index (κ2) is 3.46. The number of benzene rings is 1. The van der Waals surface area contributed by atoms with E-state index in [9.17, 15) is 4.39 Å². The Morgan fingerprint density at radius 1 is 1.45 bits per heavy atom. The predicted molar refractivity (Wildman–Crippen MR) is 39.7 cm³/mol. The average Bonchev–Trinajstić information content (AvgIpc) is 1.93. The van der Waals surface area contributed by atoms with E-state index in [1.807, 2.05) is 0 Å². The Morgan fingerprint density at radius 3 is 2.64 bits per heavy atom. The van der Waals surface area contributed by atoms with Gasteiger partial charge >= 0.3 is 0 Å². The largest absolute Gasteiger partial charge is 0.314 e. The molecule has 60 valence electrons. The van der Waals surface area contributed by atoms with Crippen LogP contribution in [0, 0.1) is 5.82 Å². The number of hydrogen-bond acceptors (Lipinski definition) is 2. The molecule has 0 heterocycles. The van der Waals surface area contributed by atoms with Crippen LogP contribution in [-0.2, 0) is 6.54 Å². The summed E-state index contributed by atoms with van der Waals surface area (Å²) in [6.45, 7) is 0.215. The molecule has 0 atom stereocenters. The maximum Gasteiger partial charge on any atom is 0.127 e. The normalized spacial score (nSPS) is 10.5. The molecule has 3 heteroatoms. The third-order valence-corrected chi connectivity index (χ3v) is 1.36. The van der Waals surface area contributed by atoms with Gasteiger partial charge in [-0.1, -0.05) is 18.2 Å². The average molecular weight is 155 g/mol. The van der Waals surface area contributed by atoms with Crippen molar-refractivity contribution in [2.75, 3.05) is 7.05 Å². The number of halogens is 1. The predicted octanol–water partition coefficient (Wildman–Crippen LogP) is 1.65. The second-order valence-electron chi connectivity index (χ2n) is 2.41. The van der Waals surface area contributed by atoms with Crippen LogP contribution < -0.4 is 0 Å². The minimum Gasteiger partial charge on any atom is -0.314 e. The van der Waals surface area contributed by atoms with E-state index in [0.29, 0.717) is 5.56 Å². The smallest absolute Gasteiger partial charge is 0.127 e. The maximum atomic E-state index is 12.8. The molecule has 1 aromatic rings. The molecule has 0 radical (unpaired) electrons. The number of nitrogens with zero attached hydrogens (tertiary/aromatic N) is 1.